The Labute approximate surface area is 238 Å². The number of hydrogen-bond acceptors (Lipinski definition) is 5. The molecule has 0 aliphatic rings. The van der Waals surface area contributed by atoms with Gasteiger partial charge in [-0.25, -0.2) is 8.42 Å². The average Bonchev–Trinajstić information content (AvgIpc) is 2.95. The highest BCUT2D eigenvalue weighted by atomic mass is 32.2. The zero-order valence-corrected chi connectivity index (χ0v) is 24.5. The van der Waals surface area contributed by atoms with Crippen molar-refractivity contribution in [2.75, 3.05) is 30.5 Å². The number of nitrogens with one attached hydrogen (secondary N) is 1. The van der Waals surface area contributed by atoms with Gasteiger partial charge in [-0.2, -0.15) is 0 Å². The van der Waals surface area contributed by atoms with Gasteiger partial charge in [0.05, 0.1) is 17.2 Å². The van der Waals surface area contributed by atoms with Gasteiger partial charge in [-0.05, 0) is 75.6 Å². The van der Waals surface area contributed by atoms with E-state index in [1.54, 1.807) is 36.4 Å². The highest BCUT2D eigenvalue weighted by Crippen LogP contribution is 2.26. The molecule has 8 nitrogen and oxygen atoms in total. The van der Waals surface area contributed by atoms with Gasteiger partial charge in [0.2, 0.25) is 11.8 Å². The number of benzene rings is 3. The predicted molar refractivity (Wildman–Crippen MR) is 158 cm³/mol. The lowest BCUT2D eigenvalue weighted by atomic mass is 10.1. The molecule has 0 unspecified atom stereocenters. The van der Waals surface area contributed by atoms with E-state index in [1.807, 2.05) is 58.0 Å². The van der Waals surface area contributed by atoms with Gasteiger partial charge in [0.1, 0.15) is 18.3 Å². The molecule has 0 bridgehead atoms. The highest BCUT2D eigenvalue weighted by molar-refractivity contribution is 7.92. The number of carbonyl (C=O) groups excluding carboxylic acids is 2. The summed E-state index contributed by atoms with van der Waals surface area (Å²) in [5, 5.41) is 2.82. The van der Waals surface area contributed by atoms with Crippen molar-refractivity contribution in [3.05, 3.63) is 90.0 Å². The van der Waals surface area contributed by atoms with Crippen LogP contribution in [0.15, 0.2) is 83.8 Å². The van der Waals surface area contributed by atoms with Crippen LogP contribution in [-0.4, -0.2) is 57.4 Å². The molecule has 40 heavy (non-hydrogen) atoms. The van der Waals surface area contributed by atoms with Crippen molar-refractivity contribution in [2.24, 2.45) is 0 Å². The van der Waals surface area contributed by atoms with Gasteiger partial charge in [-0.3, -0.25) is 13.9 Å². The van der Waals surface area contributed by atoms with E-state index in [0.717, 1.165) is 15.4 Å². The third-order valence-electron chi connectivity index (χ3n) is 6.54. The Hall–Kier alpha value is -3.85. The fourth-order valence-electron chi connectivity index (χ4n) is 4.43. The summed E-state index contributed by atoms with van der Waals surface area (Å²) in [6, 6.07) is 22.1. The molecule has 0 aliphatic heterocycles. The van der Waals surface area contributed by atoms with E-state index in [-0.39, 0.29) is 17.3 Å². The first-order valence-electron chi connectivity index (χ1n) is 13.6. The summed E-state index contributed by atoms with van der Waals surface area (Å²) < 4.78 is 34.5. The molecular weight excluding hydrogens is 526 g/mol. The quantitative estimate of drug-likeness (QED) is 0.309. The molecule has 0 radical (unpaired) electrons. The minimum absolute atomic E-state index is 0.0379. The van der Waals surface area contributed by atoms with E-state index < -0.39 is 28.5 Å². The Balaban J connectivity index is 1.99. The molecule has 214 valence electrons. The Kier molecular flexibility index (Phi) is 11.1. The fraction of sp³-hybridized carbons (Fsp3) is 0.355. The molecule has 0 aliphatic carbocycles. The van der Waals surface area contributed by atoms with Crippen LogP contribution in [-0.2, 0) is 26.0 Å². The number of ether oxygens (including phenoxy) is 1. The van der Waals surface area contributed by atoms with Gasteiger partial charge in [-0.15, -0.1) is 0 Å². The number of aryl methyl sites for hydroxylation is 1. The van der Waals surface area contributed by atoms with Crippen LogP contribution in [0.2, 0.25) is 0 Å². The molecule has 0 fully saturated rings. The Morgan fingerprint density at radius 1 is 0.900 bits per heavy atom. The van der Waals surface area contributed by atoms with E-state index in [1.165, 1.54) is 17.0 Å². The minimum atomic E-state index is -4.13. The first-order valence-corrected chi connectivity index (χ1v) is 15.1. The smallest absolute Gasteiger partial charge is 0.264 e. The molecule has 0 spiro atoms. The lowest BCUT2D eigenvalue weighted by molar-refractivity contribution is -0.139. The standard InChI is InChI=1S/C31H39N3O5S/c1-5-29(31(36)32-6-2)33(22-21-25-11-9-8-10-12-25)30(35)23-34(26-15-13-24(4)14-16-26)40(37,38)28-19-17-27(18-20-28)39-7-3/h8-20,29H,5-7,21-23H2,1-4H3,(H,32,36)/t29-/m0/s1. The second-order valence-electron chi connectivity index (χ2n) is 9.39. The number of hydrogen-bond donors (Lipinski definition) is 1. The van der Waals surface area contributed by atoms with Gasteiger partial charge in [-0.1, -0.05) is 55.0 Å². The molecule has 1 atom stereocenters. The summed E-state index contributed by atoms with van der Waals surface area (Å²) in [6.07, 6.45) is 0.918. The molecule has 2 amide bonds. The summed E-state index contributed by atoms with van der Waals surface area (Å²) >= 11 is 0. The van der Waals surface area contributed by atoms with Gasteiger partial charge in [0.15, 0.2) is 0 Å². The lowest BCUT2D eigenvalue weighted by Gasteiger charge is -2.33. The van der Waals surface area contributed by atoms with E-state index >= 15 is 0 Å². The number of nitrogens with zero attached hydrogens (tertiary/aromatic N) is 2. The number of rotatable bonds is 14. The SMILES string of the molecule is CCNC(=O)[C@H](CC)N(CCc1ccccc1)C(=O)CN(c1ccc(C)cc1)S(=O)(=O)c1ccc(OCC)cc1. The van der Waals surface area contributed by atoms with E-state index in [9.17, 15) is 18.0 Å². The monoisotopic (exact) mass is 565 g/mol. The highest BCUT2D eigenvalue weighted by Gasteiger charge is 2.33. The zero-order valence-electron chi connectivity index (χ0n) is 23.7. The van der Waals surface area contributed by atoms with Gasteiger partial charge in [0.25, 0.3) is 10.0 Å². The van der Waals surface area contributed by atoms with Crippen LogP contribution < -0.4 is 14.4 Å². The Morgan fingerprint density at radius 3 is 2.12 bits per heavy atom. The van der Waals surface area contributed by atoms with Crippen molar-refractivity contribution < 1.29 is 22.7 Å². The normalized spacial score (nSPS) is 11.9. The number of sulfonamides is 1. The lowest BCUT2D eigenvalue weighted by Crippen LogP contribution is -2.53. The van der Waals surface area contributed by atoms with Crippen molar-refractivity contribution >= 4 is 27.5 Å². The molecule has 0 saturated heterocycles. The predicted octanol–water partition coefficient (Wildman–Crippen LogP) is 4.58. The molecule has 0 heterocycles. The summed E-state index contributed by atoms with van der Waals surface area (Å²) in [5.41, 5.74) is 2.34. The van der Waals surface area contributed by atoms with E-state index in [0.29, 0.717) is 37.4 Å². The fourth-order valence-corrected chi connectivity index (χ4v) is 5.84. The van der Waals surface area contributed by atoms with Crippen LogP contribution >= 0.6 is 0 Å². The molecule has 9 heteroatoms. The van der Waals surface area contributed by atoms with Crippen LogP contribution in [0.25, 0.3) is 0 Å². The van der Waals surface area contributed by atoms with Gasteiger partial charge >= 0.3 is 0 Å². The minimum Gasteiger partial charge on any atom is -0.494 e. The van der Waals surface area contributed by atoms with E-state index in [4.69, 9.17) is 4.74 Å². The van der Waals surface area contributed by atoms with Crippen LogP contribution in [0.4, 0.5) is 5.69 Å². The first kappa shape index (κ1) is 30.7. The summed E-state index contributed by atoms with van der Waals surface area (Å²) in [7, 11) is -4.13. The largest absolute Gasteiger partial charge is 0.494 e. The first-order chi connectivity index (χ1) is 19.2. The topological polar surface area (TPSA) is 96.0 Å². The molecule has 3 rings (SSSR count). The van der Waals surface area contributed by atoms with Crippen molar-refractivity contribution in [3.8, 4) is 5.75 Å². The number of amides is 2. The van der Waals surface area contributed by atoms with Crippen LogP contribution in [0.5, 0.6) is 5.75 Å². The van der Waals surface area contributed by atoms with Crippen molar-refractivity contribution in [2.45, 2.75) is 51.5 Å². The maximum atomic E-state index is 14.0. The second-order valence-corrected chi connectivity index (χ2v) is 11.3. The van der Waals surface area contributed by atoms with Crippen molar-refractivity contribution in [1.29, 1.82) is 0 Å². The second kappa shape index (κ2) is 14.5. The zero-order chi connectivity index (χ0) is 29.1. The summed E-state index contributed by atoms with van der Waals surface area (Å²) in [5.74, 6) is -0.161. The van der Waals surface area contributed by atoms with E-state index in [2.05, 4.69) is 5.32 Å². The Morgan fingerprint density at radius 2 is 1.55 bits per heavy atom. The number of carbonyl (C=O) groups is 2. The van der Waals surface area contributed by atoms with Gasteiger partial charge < -0.3 is 15.0 Å². The van der Waals surface area contributed by atoms with Crippen LogP contribution in [0.1, 0.15) is 38.3 Å². The average molecular weight is 566 g/mol. The molecule has 1 N–H and O–H groups in total. The molecule has 0 aromatic heterocycles. The molecular formula is C31H39N3O5S. The van der Waals surface area contributed by atoms with Crippen LogP contribution in [0, 0.1) is 6.92 Å². The van der Waals surface area contributed by atoms with Gasteiger partial charge in [0, 0.05) is 13.1 Å². The third-order valence-corrected chi connectivity index (χ3v) is 8.33. The maximum Gasteiger partial charge on any atom is 0.264 e. The Bertz CT molecular complexity index is 1340. The number of anilines is 1. The van der Waals surface area contributed by atoms with Crippen LogP contribution in [0.3, 0.4) is 0 Å². The summed E-state index contributed by atoms with van der Waals surface area (Å²) in [6.45, 7) is 8.12. The summed E-state index contributed by atoms with van der Waals surface area (Å²) in [4.78, 5) is 28.5. The number of likely N-dealkylation sites (N-methyl/N-ethyl adjacent to an activating group) is 1. The molecule has 3 aromatic rings. The van der Waals surface area contributed by atoms with Crippen molar-refractivity contribution in [1.82, 2.24) is 10.2 Å². The molecule has 0 saturated carbocycles. The maximum absolute atomic E-state index is 14.0. The molecule has 3 aromatic carbocycles. The third kappa shape index (κ3) is 7.85. The van der Waals surface area contributed by atoms with Crippen molar-refractivity contribution in [3.63, 3.8) is 0 Å².